The number of ether oxygens (including phenoxy) is 2. The lowest BCUT2D eigenvalue weighted by Crippen LogP contribution is -2.38. The maximum absolute atomic E-state index is 14.3. The second-order valence-corrected chi connectivity index (χ2v) is 12.4. The van der Waals surface area contributed by atoms with Crippen LogP contribution in [0.4, 0.5) is 0 Å². The quantitative estimate of drug-likeness (QED) is 0.204. The van der Waals surface area contributed by atoms with Gasteiger partial charge in [0.15, 0.2) is 4.80 Å². The molecule has 0 unspecified atom stereocenters. The number of methoxy groups -OCH3 is 1. The summed E-state index contributed by atoms with van der Waals surface area (Å²) < 4.78 is 14.3. The highest BCUT2D eigenvalue weighted by molar-refractivity contribution is 7.07. The number of rotatable bonds is 6. The minimum atomic E-state index is -0.240. The fourth-order valence-electron chi connectivity index (χ4n) is 6.55. The van der Waals surface area contributed by atoms with E-state index in [-0.39, 0.29) is 11.6 Å². The summed E-state index contributed by atoms with van der Waals surface area (Å²) in [5, 5.41) is 2.36. The Balaban J connectivity index is 1.23. The van der Waals surface area contributed by atoms with Gasteiger partial charge < -0.3 is 9.47 Å². The molecule has 0 bridgehead atoms. The molecule has 220 valence electrons. The molecule has 0 saturated carbocycles. The SMILES string of the molecule is COc1ccc([C@@H]2C3=C(N=c4s/c(=C\c5ccccc5OCc5cccc6ccccc56)c(=O)n42)c2ccccc2CC3)cc1. The number of benzene rings is 5. The summed E-state index contributed by atoms with van der Waals surface area (Å²) in [7, 11) is 1.67. The van der Waals surface area contributed by atoms with Gasteiger partial charge in [-0.1, -0.05) is 108 Å². The van der Waals surface area contributed by atoms with Crippen molar-refractivity contribution in [2.24, 2.45) is 4.99 Å². The molecular weight excluding hydrogens is 577 g/mol. The lowest BCUT2D eigenvalue weighted by atomic mass is 9.83. The van der Waals surface area contributed by atoms with E-state index in [0.29, 0.717) is 15.9 Å². The van der Waals surface area contributed by atoms with Gasteiger partial charge in [0.05, 0.1) is 23.4 Å². The van der Waals surface area contributed by atoms with E-state index < -0.39 is 0 Å². The smallest absolute Gasteiger partial charge is 0.271 e. The summed E-state index contributed by atoms with van der Waals surface area (Å²) in [4.78, 5) is 20.1. The highest BCUT2D eigenvalue weighted by Crippen LogP contribution is 2.41. The topological polar surface area (TPSA) is 52.8 Å². The number of hydrogen-bond donors (Lipinski definition) is 0. The summed E-state index contributed by atoms with van der Waals surface area (Å²) in [6, 6.07) is 38.8. The van der Waals surface area contributed by atoms with Crippen molar-refractivity contribution in [1.29, 1.82) is 0 Å². The van der Waals surface area contributed by atoms with Gasteiger partial charge in [-0.25, -0.2) is 4.99 Å². The monoisotopic (exact) mass is 606 g/mol. The fraction of sp³-hybridized carbons (Fsp3) is 0.128. The molecule has 0 N–H and O–H groups in total. The summed E-state index contributed by atoms with van der Waals surface area (Å²) in [5.41, 5.74) is 7.59. The molecule has 0 fully saturated rings. The van der Waals surface area contributed by atoms with Crippen molar-refractivity contribution in [2.75, 3.05) is 7.11 Å². The average molecular weight is 607 g/mol. The Labute approximate surface area is 264 Å². The van der Waals surface area contributed by atoms with E-state index in [1.165, 1.54) is 33.2 Å². The molecule has 1 aliphatic carbocycles. The van der Waals surface area contributed by atoms with E-state index >= 15 is 0 Å². The first-order chi connectivity index (χ1) is 22.2. The highest BCUT2D eigenvalue weighted by atomic mass is 32.1. The van der Waals surface area contributed by atoms with Crippen LogP contribution in [0.5, 0.6) is 11.5 Å². The molecule has 0 radical (unpaired) electrons. The van der Waals surface area contributed by atoms with E-state index in [1.54, 1.807) is 7.11 Å². The van der Waals surface area contributed by atoms with Crippen LogP contribution >= 0.6 is 11.3 Å². The molecule has 6 heteroatoms. The van der Waals surface area contributed by atoms with Gasteiger partial charge >= 0.3 is 0 Å². The van der Waals surface area contributed by atoms with E-state index in [1.807, 2.05) is 53.1 Å². The molecular formula is C39H30N2O3S. The summed E-state index contributed by atoms with van der Waals surface area (Å²) in [6.45, 7) is 0.428. The number of aromatic nitrogens is 1. The van der Waals surface area contributed by atoms with E-state index in [9.17, 15) is 4.79 Å². The fourth-order valence-corrected chi connectivity index (χ4v) is 7.55. The second kappa shape index (κ2) is 11.4. The first-order valence-electron chi connectivity index (χ1n) is 15.1. The van der Waals surface area contributed by atoms with Crippen molar-refractivity contribution < 1.29 is 9.47 Å². The Morgan fingerprint density at radius 3 is 2.53 bits per heavy atom. The number of allylic oxidation sites excluding steroid dienone is 1. The minimum absolute atomic E-state index is 0.0474. The second-order valence-electron chi connectivity index (χ2n) is 11.4. The molecule has 6 aromatic rings. The van der Waals surface area contributed by atoms with Gasteiger partial charge in [-0.2, -0.15) is 0 Å². The maximum atomic E-state index is 14.3. The van der Waals surface area contributed by atoms with Crippen molar-refractivity contribution in [2.45, 2.75) is 25.5 Å². The van der Waals surface area contributed by atoms with E-state index in [4.69, 9.17) is 14.5 Å². The number of thiazole rings is 1. The molecule has 5 aromatic carbocycles. The standard InChI is InChI=1S/C39H30N2O3S/c1-43-30-20-17-27(18-21-30)37-33-22-19-26-10-3-6-15-32(26)36(33)40-39-41(37)38(42)35(45-39)23-28-11-4-7-16-34(28)44-24-29-13-8-12-25-9-2-5-14-31(25)29/h2-18,20-21,23,37H,19,22,24H2,1H3/b35-23-/t37-/m1/s1. The molecule has 1 aliphatic heterocycles. The summed E-state index contributed by atoms with van der Waals surface area (Å²) in [5.74, 6) is 1.52. The van der Waals surface area contributed by atoms with Crippen molar-refractivity contribution in [3.8, 4) is 11.5 Å². The molecule has 0 saturated heterocycles. The van der Waals surface area contributed by atoms with Gasteiger partial charge in [-0.3, -0.25) is 9.36 Å². The first-order valence-corrected chi connectivity index (χ1v) is 15.9. The number of aryl methyl sites for hydroxylation is 1. The largest absolute Gasteiger partial charge is 0.497 e. The molecule has 0 spiro atoms. The van der Waals surface area contributed by atoms with Crippen LogP contribution in [-0.2, 0) is 13.0 Å². The summed E-state index contributed by atoms with van der Waals surface area (Å²) >= 11 is 1.43. The molecule has 0 amide bonds. The van der Waals surface area contributed by atoms with Gasteiger partial charge in [-0.05, 0) is 70.2 Å². The zero-order valence-corrected chi connectivity index (χ0v) is 25.6. The summed E-state index contributed by atoms with van der Waals surface area (Å²) in [6.07, 6.45) is 3.72. The van der Waals surface area contributed by atoms with Gasteiger partial charge in [-0.15, -0.1) is 0 Å². The normalized spacial score (nSPS) is 15.7. The molecule has 5 nitrogen and oxygen atoms in total. The predicted octanol–water partition coefficient (Wildman–Crippen LogP) is 7.06. The number of hydrogen-bond acceptors (Lipinski definition) is 5. The third-order valence-electron chi connectivity index (χ3n) is 8.77. The van der Waals surface area contributed by atoms with Gasteiger partial charge in [0.1, 0.15) is 18.1 Å². The first kappa shape index (κ1) is 27.4. The third-order valence-corrected chi connectivity index (χ3v) is 9.76. The van der Waals surface area contributed by atoms with E-state index in [2.05, 4.69) is 72.8 Å². The van der Waals surface area contributed by atoms with Gasteiger partial charge in [0.25, 0.3) is 5.56 Å². The molecule has 1 aromatic heterocycles. The molecule has 8 rings (SSSR count). The molecule has 2 aliphatic rings. The van der Waals surface area contributed by atoms with E-state index in [0.717, 1.165) is 52.3 Å². The average Bonchev–Trinajstić information content (AvgIpc) is 3.40. The Bertz CT molecular complexity index is 2290. The highest BCUT2D eigenvalue weighted by Gasteiger charge is 2.32. The van der Waals surface area contributed by atoms with Crippen molar-refractivity contribution in [3.63, 3.8) is 0 Å². The number of fused-ring (bicyclic) bond motifs is 4. The van der Waals surface area contributed by atoms with Crippen LogP contribution in [0.1, 0.15) is 40.3 Å². The van der Waals surface area contributed by atoms with Crippen molar-refractivity contribution in [3.05, 3.63) is 168 Å². The van der Waals surface area contributed by atoms with Gasteiger partial charge in [0.2, 0.25) is 0 Å². The Morgan fingerprint density at radius 2 is 1.64 bits per heavy atom. The zero-order chi connectivity index (χ0) is 30.3. The van der Waals surface area contributed by atoms with Crippen LogP contribution in [0.15, 0.2) is 131 Å². The molecule has 45 heavy (non-hydrogen) atoms. The van der Waals surface area contributed by atoms with Crippen LogP contribution in [-0.4, -0.2) is 11.7 Å². The minimum Gasteiger partial charge on any atom is -0.497 e. The number of nitrogens with zero attached hydrogens (tertiary/aromatic N) is 2. The van der Waals surface area contributed by atoms with Crippen molar-refractivity contribution >= 4 is 33.9 Å². The zero-order valence-electron chi connectivity index (χ0n) is 24.8. The van der Waals surface area contributed by atoms with Gasteiger partial charge in [0, 0.05) is 11.1 Å². The Kier molecular flexibility index (Phi) is 6.92. The number of para-hydroxylation sites is 1. The lowest BCUT2D eigenvalue weighted by molar-refractivity contribution is 0.307. The Morgan fingerprint density at radius 1 is 0.867 bits per heavy atom. The lowest BCUT2D eigenvalue weighted by Gasteiger charge is -2.30. The van der Waals surface area contributed by atoms with Crippen LogP contribution in [0, 0.1) is 0 Å². The molecule has 2 heterocycles. The predicted molar refractivity (Wildman–Crippen MR) is 180 cm³/mol. The molecule has 1 atom stereocenters. The third kappa shape index (κ3) is 4.88. The van der Waals surface area contributed by atoms with Crippen LogP contribution in [0.25, 0.3) is 22.5 Å². The van der Waals surface area contributed by atoms with Crippen LogP contribution in [0.3, 0.4) is 0 Å². The maximum Gasteiger partial charge on any atom is 0.271 e. The van der Waals surface area contributed by atoms with Crippen LogP contribution < -0.4 is 24.4 Å². The Hall–Kier alpha value is -5.20. The van der Waals surface area contributed by atoms with Crippen LogP contribution in [0.2, 0.25) is 0 Å². The van der Waals surface area contributed by atoms with Crippen molar-refractivity contribution in [1.82, 2.24) is 4.57 Å².